The monoisotopic (exact) mass is 575 g/mol. The van der Waals surface area contributed by atoms with E-state index in [1.807, 2.05) is 11.9 Å². The van der Waals surface area contributed by atoms with Crippen LogP contribution in [-0.4, -0.2) is 77.2 Å². The Morgan fingerprint density at radius 2 is 1.86 bits per heavy atom. The van der Waals surface area contributed by atoms with E-state index >= 15 is 0 Å². The zero-order valence-corrected chi connectivity index (χ0v) is 21.7. The molecule has 202 valence electrons. The molecule has 0 aromatic carbocycles. The maximum atomic E-state index is 14.7. The Balaban J connectivity index is 1.38. The number of phosphoric acid groups is 3. The molecule has 0 spiro atoms. The molecule has 3 heterocycles. The topological polar surface area (TPSA) is 216 Å². The Morgan fingerprint density at radius 3 is 2.50 bits per heavy atom. The number of alkyl halides is 1. The summed E-state index contributed by atoms with van der Waals surface area (Å²) in [5.41, 5.74) is 1.06. The van der Waals surface area contributed by atoms with Gasteiger partial charge in [-0.3, -0.25) is 4.52 Å². The van der Waals surface area contributed by atoms with E-state index in [9.17, 15) is 27.9 Å². The maximum Gasteiger partial charge on any atom is 0.490 e. The fourth-order valence-electron chi connectivity index (χ4n) is 3.78. The number of hydrogen-bond acceptors (Lipinski definition) is 11. The van der Waals surface area contributed by atoms with Gasteiger partial charge < -0.3 is 33.8 Å². The Morgan fingerprint density at radius 1 is 1.17 bits per heavy atom. The van der Waals surface area contributed by atoms with E-state index in [1.54, 1.807) is 11.5 Å². The number of ether oxygens (including phenoxy) is 1. The minimum absolute atomic E-state index is 0.0203. The third-order valence-electron chi connectivity index (χ3n) is 5.46. The van der Waals surface area contributed by atoms with E-state index in [4.69, 9.17) is 14.5 Å². The third kappa shape index (κ3) is 6.94. The van der Waals surface area contributed by atoms with Crippen LogP contribution in [0.2, 0.25) is 0 Å². The van der Waals surface area contributed by atoms with E-state index in [0.717, 1.165) is 12.8 Å². The van der Waals surface area contributed by atoms with Gasteiger partial charge in [-0.05, 0) is 19.8 Å². The fraction of sp³-hybridized carbons (Fsp3) is 0.688. The zero-order valence-electron chi connectivity index (χ0n) is 19.0. The Bertz CT molecular complexity index is 1270. The highest BCUT2D eigenvalue weighted by Crippen LogP contribution is 2.66. The molecule has 2 aromatic rings. The molecule has 0 radical (unpaired) electrons. The second-order valence-corrected chi connectivity index (χ2v) is 12.9. The van der Waals surface area contributed by atoms with E-state index < -0.39 is 48.5 Å². The summed E-state index contributed by atoms with van der Waals surface area (Å²) in [7, 11) is -14.5. The van der Waals surface area contributed by atoms with Gasteiger partial charge in [-0.1, -0.05) is 0 Å². The van der Waals surface area contributed by atoms with Crippen molar-refractivity contribution in [1.82, 2.24) is 19.5 Å². The number of aryl methyl sites for hydroxylation is 1. The van der Waals surface area contributed by atoms with Crippen molar-refractivity contribution >= 4 is 40.4 Å². The summed E-state index contributed by atoms with van der Waals surface area (Å²) in [6, 6.07) is 0.386. The van der Waals surface area contributed by atoms with Crippen molar-refractivity contribution in [3.05, 3.63) is 12.2 Å². The molecule has 2 aromatic heterocycles. The van der Waals surface area contributed by atoms with Crippen LogP contribution in [0.15, 0.2) is 6.33 Å². The maximum absolute atomic E-state index is 14.7. The van der Waals surface area contributed by atoms with Gasteiger partial charge in [0.1, 0.15) is 18.1 Å². The van der Waals surface area contributed by atoms with Crippen LogP contribution in [0.25, 0.3) is 11.2 Å². The van der Waals surface area contributed by atoms with Crippen LogP contribution >= 0.6 is 23.5 Å². The molecule has 1 aliphatic heterocycles. The number of aromatic nitrogens is 4. The summed E-state index contributed by atoms with van der Waals surface area (Å²) < 4.78 is 67.7. The van der Waals surface area contributed by atoms with Crippen molar-refractivity contribution < 1.29 is 55.5 Å². The molecule has 1 saturated heterocycles. The number of hydrogen-bond donors (Lipinski definition) is 4. The van der Waals surface area contributed by atoms with Gasteiger partial charge in [-0.15, -0.1) is 0 Å². The highest BCUT2D eigenvalue weighted by atomic mass is 31.3. The fourth-order valence-corrected chi connectivity index (χ4v) is 6.83. The van der Waals surface area contributed by atoms with Crippen LogP contribution in [0.5, 0.6) is 0 Å². The summed E-state index contributed by atoms with van der Waals surface area (Å²) in [6.45, 7) is 1.04. The summed E-state index contributed by atoms with van der Waals surface area (Å²) in [4.78, 5) is 51.2. The van der Waals surface area contributed by atoms with E-state index in [2.05, 4.69) is 28.1 Å². The normalized spacial score (nSPS) is 26.1. The molecule has 4 N–H and O–H groups in total. The number of anilines is 1. The number of imidazole rings is 1. The minimum atomic E-state index is -5.64. The van der Waals surface area contributed by atoms with Crippen LogP contribution in [0.3, 0.4) is 0 Å². The summed E-state index contributed by atoms with van der Waals surface area (Å²) >= 11 is 0. The molecule has 16 nitrogen and oxygen atoms in total. The molecule has 1 saturated carbocycles. The molecule has 5 atom stereocenters. The predicted octanol–water partition coefficient (Wildman–Crippen LogP) is 1.57. The summed E-state index contributed by atoms with van der Waals surface area (Å²) in [5, 5.41) is 0. The average Bonchev–Trinajstić information content (AvgIpc) is 3.41. The lowest BCUT2D eigenvalue weighted by Crippen LogP contribution is -2.25. The minimum Gasteiger partial charge on any atom is -0.368 e. The Hall–Kier alpha value is -1.35. The quantitative estimate of drug-likeness (QED) is 0.280. The first-order valence-corrected chi connectivity index (χ1v) is 15.1. The van der Waals surface area contributed by atoms with E-state index in [-0.39, 0.29) is 13.0 Å². The SMILES string of the molecule is Cc1nc(N(C)C2CC2)c2ncn(C[C@@H]3O[C@H](COP(=O)(O)OP(=O)(O)OP(=O)(O)O)C[C@@H]3F)c2n1. The Kier molecular flexibility index (Phi) is 7.75. The summed E-state index contributed by atoms with van der Waals surface area (Å²) in [6.07, 6.45) is -0.121. The van der Waals surface area contributed by atoms with Gasteiger partial charge in [0.2, 0.25) is 0 Å². The lowest BCUT2D eigenvalue weighted by molar-refractivity contribution is -0.00552. The molecule has 2 fully saturated rings. The largest absolute Gasteiger partial charge is 0.490 e. The first kappa shape index (κ1) is 27.7. The molecular formula is C16H25FN5O11P3. The van der Waals surface area contributed by atoms with Gasteiger partial charge in [0.25, 0.3) is 0 Å². The lowest BCUT2D eigenvalue weighted by atomic mass is 10.1. The highest BCUT2D eigenvalue weighted by molar-refractivity contribution is 7.66. The van der Waals surface area contributed by atoms with Crippen LogP contribution in [0.4, 0.5) is 10.2 Å². The molecule has 4 rings (SSSR count). The van der Waals surface area contributed by atoms with Crippen molar-refractivity contribution in [2.24, 2.45) is 0 Å². The molecule has 2 unspecified atom stereocenters. The van der Waals surface area contributed by atoms with Crippen LogP contribution in [-0.2, 0) is 38.1 Å². The van der Waals surface area contributed by atoms with Crippen molar-refractivity contribution in [3.8, 4) is 0 Å². The molecule has 0 amide bonds. The van der Waals surface area contributed by atoms with E-state index in [1.165, 1.54) is 6.33 Å². The van der Waals surface area contributed by atoms with Crippen molar-refractivity contribution in [1.29, 1.82) is 0 Å². The van der Waals surface area contributed by atoms with Gasteiger partial charge in [0, 0.05) is 19.5 Å². The number of nitrogens with zero attached hydrogens (tertiary/aromatic N) is 5. The van der Waals surface area contributed by atoms with Gasteiger partial charge in [-0.25, -0.2) is 33.0 Å². The molecule has 20 heteroatoms. The average molecular weight is 575 g/mol. The number of rotatable bonds is 11. The lowest BCUT2D eigenvalue weighted by Gasteiger charge is -2.19. The van der Waals surface area contributed by atoms with Crippen LogP contribution in [0.1, 0.15) is 25.1 Å². The van der Waals surface area contributed by atoms with Crippen molar-refractivity contribution in [2.45, 2.75) is 57.2 Å². The standard InChI is InChI=1S/C16H25FN5O11P3/c1-9-19-15(21(2)10-3-4-10)14-16(20-9)22(8-18-14)6-13-12(17)5-11(31-13)7-30-35(26,27)33-36(28,29)32-34(23,24)25/h8,10-13H,3-7H2,1-2H3,(H,26,27)(H,28,29)(H2,23,24,25)/t11-,12-,13-/m0/s1. The Labute approximate surface area is 203 Å². The van der Waals surface area contributed by atoms with E-state index in [0.29, 0.717) is 28.8 Å². The van der Waals surface area contributed by atoms with Crippen molar-refractivity contribution in [2.75, 3.05) is 18.6 Å². The molecular weight excluding hydrogens is 550 g/mol. The molecule has 2 aliphatic rings. The van der Waals surface area contributed by atoms with Gasteiger partial charge >= 0.3 is 23.5 Å². The predicted molar refractivity (Wildman–Crippen MR) is 119 cm³/mol. The van der Waals surface area contributed by atoms with Crippen LogP contribution in [0, 0.1) is 6.92 Å². The molecule has 1 aliphatic carbocycles. The van der Waals surface area contributed by atoms with Gasteiger partial charge in [-0.2, -0.15) is 8.62 Å². The zero-order chi connectivity index (χ0) is 26.5. The first-order chi connectivity index (χ1) is 16.6. The number of fused-ring (bicyclic) bond motifs is 1. The number of phosphoric ester groups is 1. The highest BCUT2D eigenvalue weighted by Gasteiger charge is 2.42. The first-order valence-electron chi connectivity index (χ1n) is 10.6. The molecule has 0 bridgehead atoms. The third-order valence-corrected chi connectivity index (χ3v) is 9.26. The number of halogens is 1. The van der Waals surface area contributed by atoms with Gasteiger partial charge in [0.15, 0.2) is 17.0 Å². The second-order valence-electron chi connectivity index (χ2n) is 8.44. The van der Waals surface area contributed by atoms with Gasteiger partial charge in [0.05, 0.1) is 25.6 Å². The van der Waals surface area contributed by atoms with Crippen LogP contribution < -0.4 is 4.90 Å². The molecule has 36 heavy (non-hydrogen) atoms. The smallest absolute Gasteiger partial charge is 0.368 e. The van der Waals surface area contributed by atoms with Crippen molar-refractivity contribution in [3.63, 3.8) is 0 Å². The summed E-state index contributed by atoms with van der Waals surface area (Å²) in [5.74, 6) is 1.20. The second kappa shape index (κ2) is 10.1.